The van der Waals surface area contributed by atoms with Crippen molar-refractivity contribution in [2.24, 2.45) is 0 Å². The van der Waals surface area contributed by atoms with E-state index in [2.05, 4.69) is 46.0 Å². The van der Waals surface area contributed by atoms with Gasteiger partial charge in [-0.2, -0.15) is 0 Å². The molecule has 0 spiro atoms. The second kappa shape index (κ2) is 5.24. The Balaban J connectivity index is 1.82. The van der Waals surface area contributed by atoms with Gasteiger partial charge in [0.2, 0.25) is 12.3 Å². The molecule has 19 heavy (non-hydrogen) atoms. The number of aromatic nitrogens is 2. The number of nitrogens with one attached hydrogen (secondary N) is 1. The van der Waals surface area contributed by atoms with Crippen LogP contribution in [0.1, 0.15) is 10.4 Å². The van der Waals surface area contributed by atoms with Crippen LogP contribution >= 0.6 is 11.3 Å². The summed E-state index contributed by atoms with van der Waals surface area (Å²) in [6, 6.07) is 10.3. The van der Waals surface area contributed by atoms with Crippen LogP contribution in [0.2, 0.25) is 0 Å². The summed E-state index contributed by atoms with van der Waals surface area (Å²) in [6.45, 7) is 2.90. The lowest BCUT2D eigenvalue weighted by Gasteiger charge is -2.09. The van der Waals surface area contributed by atoms with Gasteiger partial charge in [-0.1, -0.05) is 12.1 Å². The molecule has 4 nitrogen and oxygen atoms in total. The maximum absolute atomic E-state index is 5.22. The van der Waals surface area contributed by atoms with Crippen molar-refractivity contribution < 1.29 is 4.42 Å². The first-order chi connectivity index (χ1) is 9.33. The fourth-order valence-electron chi connectivity index (χ4n) is 1.84. The molecule has 0 bridgehead atoms. The summed E-state index contributed by atoms with van der Waals surface area (Å²) in [4.78, 5) is 1.31. The third-order valence-electron chi connectivity index (χ3n) is 2.88. The minimum absolute atomic E-state index is 0.541. The highest BCUT2D eigenvalue weighted by atomic mass is 32.1. The molecule has 0 saturated heterocycles. The number of hydrogen-bond donors (Lipinski definition) is 1. The highest BCUT2D eigenvalue weighted by Crippen LogP contribution is 2.24. The summed E-state index contributed by atoms with van der Waals surface area (Å²) >= 11 is 1.75. The summed E-state index contributed by atoms with van der Waals surface area (Å²) in [5.41, 5.74) is 3.21. The van der Waals surface area contributed by atoms with Crippen LogP contribution in [0.15, 0.2) is 46.5 Å². The van der Waals surface area contributed by atoms with Crippen LogP contribution in [0.5, 0.6) is 0 Å². The van der Waals surface area contributed by atoms with Crippen molar-refractivity contribution in [1.29, 1.82) is 0 Å². The van der Waals surface area contributed by atoms with E-state index in [-0.39, 0.29) is 0 Å². The van der Waals surface area contributed by atoms with Crippen LogP contribution in [0, 0.1) is 6.92 Å². The van der Waals surface area contributed by atoms with Crippen LogP contribution in [-0.4, -0.2) is 10.2 Å². The summed E-state index contributed by atoms with van der Waals surface area (Å²) in [7, 11) is 0. The van der Waals surface area contributed by atoms with Crippen molar-refractivity contribution in [3.8, 4) is 11.5 Å². The van der Waals surface area contributed by atoms with E-state index in [4.69, 9.17) is 4.42 Å². The fraction of sp³-hybridized carbons (Fsp3) is 0.143. The second-order valence-corrected chi connectivity index (χ2v) is 5.24. The van der Waals surface area contributed by atoms with E-state index in [1.807, 2.05) is 12.1 Å². The molecule has 0 unspecified atom stereocenters. The van der Waals surface area contributed by atoms with Crippen molar-refractivity contribution in [3.05, 3.63) is 52.5 Å². The largest absolute Gasteiger partial charge is 0.423 e. The fourth-order valence-corrected chi connectivity index (χ4v) is 2.48. The van der Waals surface area contributed by atoms with E-state index >= 15 is 0 Å². The van der Waals surface area contributed by atoms with Crippen LogP contribution in [0.25, 0.3) is 11.5 Å². The van der Waals surface area contributed by atoms with Crippen molar-refractivity contribution in [2.45, 2.75) is 13.5 Å². The van der Waals surface area contributed by atoms with Crippen molar-refractivity contribution >= 4 is 17.0 Å². The third kappa shape index (κ3) is 2.66. The second-order valence-electron chi connectivity index (χ2n) is 4.21. The predicted octanol–water partition coefficient (Wildman–Crippen LogP) is 3.72. The van der Waals surface area contributed by atoms with Gasteiger partial charge in [0, 0.05) is 22.7 Å². The molecule has 0 aliphatic rings. The molecule has 0 saturated carbocycles. The zero-order valence-corrected chi connectivity index (χ0v) is 11.3. The van der Waals surface area contributed by atoms with Gasteiger partial charge in [-0.3, -0.25) is 0 Å². The van der Waals surface area contributed by atoms with E-state index in [9.17, 15) is 0 Å². The summed E-state index contributed by atoms with van der Waals surface area (Å²) < 4.78 is 5.22. The molecule has 3 aromatic rings. The number of nitrogens with zero attached hydrogens (tertiary/aromatic N) is 2. The molecule has 3 rings (SSSR count). The lowest BCUT2D eigenvalue weighted by atomic mass is 10.1. The summed E-state index contributed by atoms with van der Waals surface area (Å²) in [5.74, 6) is 0.541. The zero-order chi connectivity index (χ0) is 13.1. The van der Waals surface area contributed by atoms with Crippen molar-refractivity contribution in [1.82, 2.24) is 10.2 Å². The maximum Gasteiger partial charge on any atom is 0.247 e. The average Bonchev–Trinajstić information content (AvgIpc) is 3.11. The number of anilines is 1. The number of hydrogen-bond acceptors (Lipinski definition) is 5. The molecule has 2 aromatic heterocycles. The monoisotopic (exact) mass is 271 g/mol. The van der Waals surface area contributed by atoms with Crippen LogP contribution in [0.4, 0.5) is 5.69 Å². The SMILES string of the molecule is Cc1ccc(-c2nnco2)cc1NCc1cccs1. The molecule has 1 N–H and O–H groups in total. The molecule has 1 aromatic carbocycles. The third-order valence-corrected chi connectivity index (χ3v) is 3.75. The topological polar surface area (TPSA) is 51.0 Å². The average molecular weight is 271 g/mol. The van der Waals surface area contributed by atoms with Gasteiger partial charge < -0.3 is 9.73 Å². The Bertz CT molecular complexity index is 647. The van der Waals surface area contributed by atoms with Gasteiger partial charge in [0.15, 0.2) is 0 Å². The van der Waals surface area contributed by atoms with Gasteiger partial charge in [0.05, 0.1) is 0 Å². The lowest BCUT2D eigenvalue weighted by molar-refractivity contribution is 0.568. The van der Waals surface area contributed by atoms with E-state index < -0.39 is 0 Å². The van der Waals surface area contributed by atoms with Crippen LogP contribution in [0.3, 0.4) is 0 Å². The first kappa shape index (κ1) is 11.9. The minimum atomic E-state index is 0.541. The Labute approximate surface area is 115 Å². The predicted molar refractivity (Wildman–Crippen MR) is 76.1 cm³/mol. The van der Waals surface area contributed by atoms with Crippen LogP contribution in [-0.2, 0) is 6.54 Å². The first-order valence-electron chi connectivity index (χ1n) is 5.96. The van der Waals surface area contributed by atoms with Gasteiger partial charge in [0.1, 0.15) is 0 Å². The number of aryl methyl sites for hydroxylation is 1. The summed E-state index contributed by atoms with van der Waals surface area (Å²) in [5, 5.41) is 13.1. The highest BCUT2D eigenvalue weighted by Gasteiger charge is 2.06. The number of rotatable bonds is 4. The number of thiophene rings is 1. The van der Waals surface area contributed by atoms with Gasteiger partial charge in [-0.15, -0.1) is 21.5 Å². The molecular formula is C14H13N3OS. The number of benzene rings is 1. The summed E-state index contributed by atoms with van der Waals surface area (Å²) in [6.07, 6.45) is 1.34. The molecular weight excluding hydrogens is 258 g/mol. The molecule has 0 atom stereocenters. The quantitative estimate of drug-likeness (QED) is 0.785. The van der Waals surface area contributed by atoms with Crippen LogP contribution < -0.4 is 5.32 Å². The molecule has 2 heterocycles. The van der Waals surface area contributed by atoms with Gasteiger partial charge in [0.25, 0.3) is 0 Å². The Hall–Kier alpha value is -2.14. The Kier molecular flexibility index (Phi) is 3.29. The Morgan fingerprint density at radius 3 is 3.00 bits per heavy atom. The van der Waals surface area contributed by atoms with Gasteiger partial charge >= 0.3 is 0 Å². The van der Waals surface area contributed by atoms with Crippen molar-refractivity contribution in [3.63, 3.8) is 0 Å². The molecule has 5 heteroatoms. The van der Waals surface area contributed by atoms with Gasteiger partial charge in [-0.25, -0.2) is 0 Å². The van der Waals surface area contributed by atoms with E-state index in [1.165, 1.54) is 16.8 Å². The highest BCUT2D eigenvalue weighted by molar-refractivity contribution is 7.09. The minimum Gasteiger partial charge on any atom is -0.423 e. The molecule has 96 valence electrons. The Morgan fingerprint density at radius 2 is 2.26 bits per heavy atom. The Morgan fingerprint density at radius 1 is 1.32 bits per heavy atom. The molecule has 0 aliphatic carbocycles. The maximum atomic E-state index is 5.22. The van der Waals surface area contributed by atoms with E-state index in [1.54, 1.807) is 11.3 Å². The zero-order valence-electron chi connectivity index (χ0n) is 10.5. The smallest absolute Gasteiger partial charge is 0.247 e. The van der Waals surface area contributed by atoms with E-state index in [0.717, 1.165) is 17.8 Å². The molecule has 0 aliphatic heterocycles. The van der Waals surface area contributed by atoms with Crippen molar-refractivity contribution in [2.75, 3.05) is 5.32 Å². The molecule has 0 fully saturated rings. The van der Waals surface area contributed by atoms with Gasteiger partial charge in [-0.05, 0) is 36.1 Å². The first-order valence-corrected chi connectivity index (χ1v) is 6.84. The normalized spacial score (nSPS) is 10.6. The standard InChI is InChI=1S/C14H13N3OS/c1-10-4-5-11(14-17-16-9-18-14)7-13(10)15-8-12-3-2-6-19-12/h2-7,9,15H,8H2,1H3. The van der Waals surface area contributed by atoms with E-state index in [0.29, 0.717) is 5.89 Å². The lowest BCUT2D eigenvalue weighted by Crippen LogP contribution is -1.99. The molecule has 0 radical (unpaired) electrons. The molecule has 0 amide bonds.